The van der Waals surface area contributed by atoms with E-state index in [-0.39, 0.29) is 18.2 Å². The fourth-order valence-electron chi connectivity index (χ4n) is 1.48. The largest absolute Gasteiger partial charge is 0.454 e. The van der Waals surface area contributed by atoms with Crippen LogP contribution >= 0.6 is 0 Å². The third kappa shape index (κ3) is 2.82. The predicted molar refractivity (Wildman–Crippen MR) is 63.6 cm³/mol. The first kappa shape index (κ1) is 11.6. The zero-order chi connectivity index (χ0) is 12.3. The molecule has 0 amide bonds. The van der Waals surface area contributed by atoms with Crippen molar-refractivity contribution in [2.75, 3.05) is 0 Å². The monoisotopic (exact) mass is 232 g/mol. The molecule has 0 heterocycles. The van der Waals surface area contributed by atoms with E-state index >= 15 is 0 Å². The lowest BCUT2D eigenvalue weighted by Gasteiger charge is -2.08. The molecule has 0 saturated heterocycles. The van der Waals surface area contributed by atoms with Crippen molar-refractivity contribution in [3.8, 4) is 11.5 Å². The van der Waals surface area contributed by atoms with Gasteiger partial charge in [-0.05, 0) is 42.3 Å². The minimum Gasteiger partial charge on any atom is -0.454 e. The minimum atomic E-state index is -0.387. The van der Waals surface area contributed by atoms with E-state index in [1.807, 2.05) is 6.92 Å². The Bertz CT molecular complexity index is 506. The summed E-state index contributed by atoms with van der Waals surface area (Å²) in [5.41, 5.74) is 1.73. The molecule has 88 valence electrons. The quantitative estimate of drug-likeness (QED) is 0.878. The Kier molecular flexibility index (Phi) is 3.40. The van der Waals surface area contributed by atoms with Crippen LogP contribution < -0.4 is 4.74 Å². The Hall–Kier alpha value is -1.87. The smallest absolute Gasteiger partial charge is 0.165 e. The van der Waals surface area contributed by atoms with E-state index < -0.39 is 0 Å². The number of hydrogen-bond donors (Lipinski definition) is 1. The van der Waals surface area contributed by atoms with Gasteiger partial charge in [0, 0.05) is 0 Å². The molecule has 0 unspecified atom stereocenters. The molecule has 17 heavy (non-hydrogen) atoms. The highest BCUT2D eigenvalue weighted by Gasteiger charge is 2.04. The number of aryl methyl sites for hydroxylation is 1. The number of ether oxygens (including phenoxy) is 1. The zero-order valence-electron chi connectivity index (χ0n) is 9.48. The van der Waals surface area contributed by atoms with E-state index in [2.05, 4.69) is 0 Å². The fourth-order valence-corrected chi connectivity index (χ4v) is 1.48. The number of benzene rings is 2. The molecule has 0 aromatic heterocycles. The van der Waals surface area contributed by atoms with E-state index in [4.69, 9.17) is 9.84 Å². The van der Waals surface area contributed by atoms with Crippen molar-refractivity contribution in [2.45, 2.75) is 13.5 Å². The Balaban J connectivity index is 2.22. The molecule has 2 nitrogen and oxygen atoms in total. The van der Waals surface area contributed by atoms with Gasteiger partial charge >= 0.3 is 0 Å². The summed E-state index contributed by atoms with van der Waals surface area (Å²) >= 11 is 0. The van der Waals surface area contributed by atoms with Gasteiger partial charge in [-0.1, -0.05) is 18.2 Å². The molecule has 1 N–H and O–H groups in total. The number of aliphatic hydroxyl groups excluding tert-OH is 1. The number of aliphatic hydroxyl groups is 1. The summed E-state index contributed by atoms with van der Waals surface area (Å²) in [4.78, 5) is 0. The number of rotatable bonds is 3. The van der Waals surface area contributed by atoms with Crippen molar-refractivity contribution in [3.05, 3.63) is 59.4 Å². The van der Waals surface area contributed by atoms with E-state index in [9.17, 15) is 4.39 Å². The average Bonchev–Trinajstić information content (AvgIpc) is 2.35. The Labute approximate surface area is 99.3 Å². The highest BCUT2D eigenvalue weighted by molar-refractivity contribution is 5.35. The summed E-state index contributed by atoms with van der Waals surface area (Å²) < 4.78 is 18.9. The second kappa shape index (κ2) is 4.97. The SMILES string of the molecule is Cc1ccc(F)c(Oc2ccc(CO)cc2)c1. The molecular formula is C14H13FO2. The van der Waals surface area contributed by atoms with Crippen LogP contribution in [0.2, 0.25) is 0 Å². The second-order valence-corrected chi connectivity index (χ2v) is 3.84. The Morgan fingerprint density at radius 2 is 1.82 bits per heavy atom. The van der Waals surface area contributed by atoms with Crippen LogP contribution in [0.15, 0.2) is 42.5 Å². The van der Waals surface area contributed by atoms with Crippen molar-refractivity contribution in [1.29, 1.82) is 0 Å². The number of hydrogen-bond acceptors (Lipinski definition) is 2. The van der Waals surface area contributed by atoms with Crippen LogP contribution in [0.5, 0.6) is 11.5 Å². The molecule has 0 radical (unpaired) electrons. The van der Waals surface area contributed by atoms with Crippen LogP contribution in [0.4, 0.5) is 4.39 Å². The first-order valence-corrected chi connectivity index (χ1v) is 5.33. The molecule has 0 atom stereocenters. The van der Waals surface area contributed by atoms with Crippen molar-refractivity contribution in [3.63, 3.8) is 0 Å². The van der Waals surface area contributed by atoms with E-state index in [1.54, 1.807) is 36.4 Å². The molecule has 3 heteroatoms. The van der Waals surface area contributed by atoms with Gasteiger partial charge in [-0.3, -0.25) is 0 Å². The van der Waals surface area contributed by atoms with Crippen LogP contribution in [-0.4, -0.2) is 5.11 Å². The molecular weight excluding hydrogens is 219 g/mol. The molecule has 0 aliphatic heterocycles. The summed E-state index contributed by atoms with van der Waals surface area (Å²) in [6.07, 6.45) is 0. The third-order valence-corrected chi connectivity index (χ3v) is 2.42. The Morgan fingerprint density at radius 3 is 2.47 bits per heavy atom. The van der Waals surface area contributed by atoms with Gasteiger partial charge in [-0.25, -0.2) is 4.39 Å². The summed E-state index contributed by atoms with van der Waals surface area (Å²) in [6.45, 7) is 1.86. The van der Waals surface area contributed by atoms with Crippen molar-refractivity contribution >= 4 is 0 Å². The van der Waals surface area contributed by atoms with Crippen LogP contribution in [0, 0.1) is 12.7 Å². The van der Waals surface area contributed by atoms with Gasteiger partial charge in [-0.15, -0.1) is 0 Å². The summed E-state index contributed by atoms with van der Waals surface area (Å²) in [6, 6.07) is 11.6. The van der Waals surface area contributed by atoms with Crippen LogP contribution in [0.3, 0.4) is 0 Å². The molecule has 0 saturated carbocycles. The maximum Gasteiger partial charge on any atom is 0.165 e. The predicted octanol–water partition coefficient (Wildman–Crippen LogP) is 3.42. The van der Waals surface area contributed by atoms with E-state index in [0.29, 0.717) is 5.75 Å². The van der Waals surface area contributed by atoms with E-state index in [0.717, 1.165) is 11.1 Å². The molecule has 2 aromatic carbocycles. The van der Waals surface area contributed by atoms with Gasteiger partial charge < -0.3 is 9.84 Å². The van der Waals surface area contributed by atoms with Gasteiger partial charge in [0.25, 0.3) is 0 Å². The van der Waals surface area contributed by atoms with E-state index in [1.165, 1.54) is 6.07 Å². The highest BCUT2D eigenvalue weighted by Crippen LogP contribution is 2.25. The zero-order valence-corrected chi connectivity index (χ0v) is 9.48. The van der Waals surface area contributed by atoms with Crippen LogP contribution in [-0.2, 0) is 6.61 Å². The molecule has 0 fully saturated rings. The first-order chi connectivity index (χ1) is 8.19. The maximum absolute atomic E-state index is 13.4. The summed E-state index contributed by atoms with van der Waals surface area (Å²) in [5.74, 6) is 0.371. The summed E-state index contributed by atoms with van der Waals surface area (Å²) in [7, 11) is 0. The van der Waals surface area contributed by atoms with Gasteiger partial charge in [-0.2, -0.15) is 0 Å². The third-order valence-electron chi connectivity index (χ3n) is 2.42. The molecule has 0 bridgehead atoms. The van der Waals surface area contributed by atoms with Gasteiger partial charge in [0.05, 0.1) is 6.61 Å². The molecule has 0 aliphatic rings. The molecule has 2 rings (SSSR count). The van der Waals surface area contributed by atoms with Crippen LogP contribution in [0.25, 0.3) is 0 Å². The molecule has 2 aromatic rings. The second-order valence-electron chi connectivity index (χ2n) is 3.84. The lowest BCUT2D eigenvalue weighted by Crippen LogP contribution is -1.90. The summed E-state index contributed by atoms with van der Waals surface area (Å²) in [5, 5.41) is 8.90. The fraction of sp³-hybridized carbons (Fsp3) is 0.143. The lowest BCUT2D eigenvalue weighted by molar-refractivity contribution is 0.281. The Morgan fingerprint density at radius 1 is 1.12 bits per heavy atom. The number of halogens is 1. The van der Waals surface area contributed by atoms with Crippen molar-refractivity contribution < 1.29 is 14.2 Å². The lowest BCUT2D eigenvalue weighted by atomic mass is 10.2. The van der Waals surface area contributed by atoms with Gasteiger partial charge in [0.2, 0.25) is 0 Å². The van der Waals surface area contributed by atoms with Crippen molar-refractivity contribution in [1.82, 2.24) is 0 Å². The topological polar surface area (TPSA) is 29.5 Å². The normalized spacial score (nSPS) is 10.3. The standard InChI is InChI=1S/C14H13FO2/c1-10-2-7-13(15)14(8-10)17-12-5-3-11(9-16)4-6-12/h2-8,16H,9H2,1H3. The van der Waals surface area contributed by atoms with Gasteiger partial charge in [0.15, 0.2) is 11.6 Å². The average molecular weight is 232 g/mol. The molecule has 0 aliphatic carbocycles. The molecule has 0 spiro atoms. The maximum atomic E-state index is 13.4. The first-order valence-electron chi connectivity index (χ1n) is 5.33. The minimum absolute atomic E-state index is 0.0148. The van der Waals surface area contributed by atoms with Crippen LogP contribution in [0.1, 0.15) is 11.1 Å². The van der Waals surface area contributed by atoms with Crippen molar-refractivity contribution in [2.24, 2.45) is 0 Å². The highest BCUT2D eigenvalue weighted by atomic mass is 19.1. The van der Waals surface area contributed by atoms with Gasteiger partial charge in [0.1, 0.15) is 5.75 Å².